The Hall–Kier alpha value is -3.74. The van der Waals surface area contributed by atoms with Crippen LogP contribution < -0.4 is 4.90 Å². The molecule has 0 atom stereocenters. The number of carbonyl (C=O) groups is 4. The van der Waals surface area contributed by atoms with Crippen LogP contribution in [0, 0.1) is 0 Å². The average Bonchev–Trinajstić information content (AvgIpc) is 3.03. The Bertz CT molecular complexity index is 1080. The number of benzene rings is 2. The largest absolute Gasteiger partial charge is 0.368 e. The van der Waals surface area contributed by atoms with Crippen molar-refractivity contribution in [3.63, 3.8) is 0 Å². The Kier molecular flexibility index (Phi) is 5.42. The first-order valence-corrected chi connectivity index (χ1v) is 10.2. The molecule has 2 heterocycles. The van der Waals surface area contributed by atoms with Crippen molar-refractivity contribution in [2.24, 2.45) is 0 Å². The standard InChI is InChI=1S/C24H23N3O4/c1-3-10-27-23(30)20-9-6-18(15-21(20)24(27)31)22(29)26-13-11-25(12-14-26)19-7-4-17(5-8-19)16(2)28/h3-9,15H,1,10-14H2,2H3. The van der Waals surface area contributed by atoms with Crippen molar-refractivity contribution in [1.29, 1.82) is 0 Å². The molecule has 2 aliphatic heterocycles. The molecule has 0 unspecified atom stereocenters. The first kappa shape index (κ1) is 20.5. The molecule has 31 heavy (non-hydrogen) atoms. The average molecular weight is 417 g/mol. The van der Waals surface area contributed by atoms with Gasteiger partial charge in [0.2, 0.25) is 0 Å². The van der Waals surface area contributed by atoms with Crippen molar-refractivity contribution in [3.05, 3.63) is 77.4 Å². The van der Waals surface area contributed by atoms with Crippen molar-refractivity contribution < 1.29 is 19.2 Å². The lowest BCUT2D eigenvalue weighted by atomic mass is 10.0. The summed E-state index contributed by atoms with van der Waals surface area (Å²) in [6.45, 7) is 7.68. The zero-order valence-electron chi connectivity index (χ0n) is 17.3. The lowest BCUT2D eigenvalue weighted by molar-refractivity contribution is 0.0671. The molecule has 4 rings (SSSR count). The summed E-state index contributed by atoms with van der Waals surface area (Å²) in [6.07, 6.45) is 1.50. The smallest absolute Gasteiger partial charge is 0.261 e. The number of hydrogen-bond acceptors (Lipinski definition) is 5. The Labute approximate surface area is 180 Å². The second-order valence-corrected chi connectivity index (χ2v) is 7.65. The number of Topliss-reactive ketones (excluding diaryl/α,β-unsaturated/α-hetero) is 1. The maximum absolute atomic E-state index is 13.0. The van der Waals surface area contributed by atoms with E-state index in [2.05, 4.69) is 11.5 Å². The highest BCUT2D eigenvalue weighted by atomic mass is 16.2. The fourth-order valence-electron chi connectivity index (χ4n) is 3.98. The maximum atomic E-state index is 13.0. The third-order valence-corrected chi connectivity index (χ3v) is 5.74. The summed E-state index contributed by atoms with van der Waals surface area (Å²) in [6, 6.07) is 12.2. The molecular weight excluding hydrogens is 394 g/mol. The minimum atomic E-state index is -0.395. The summed E-state index contributed by atoms with van der Waals surface area (Å²) < 4.78 is 0. The van der Waals surface area contributed by atoms with E-state index in [1.54, 1.807) is 24.0 Å². The van der Waals surface area contributed by atoms with Crippen LogP contribution in [0.15, 0.2) is 55.1 Å². The van der Waals surface area contributed by atoms with Gasteiger partial charge in [-0.3, -0.25) is 24.1 Å². The van der Waals surface area contributed by atoms with Crippen molar-refractivity contribution in [1.82, 2.24) is 9.80 Å². The van der Waals surface area contributed by atoms with Gasteiger partial charge < -0.3 is 9.80 Å². The zero-order valence-corrected chi connectivity index (χ0v) is 17.3. The van der Waals surface area contributed by atoms with E-state index in [1.807, 2.05) is 24.3 Å². The fraction of sp³-hybridized carbons (Fsp3) is 0.250. The third-order valence-electron chi connectivity index (χ3n) is 5.74. The maximum Gasteiger partial charge on any atom is 0.261 e. The van der Waals surface area contributed by atoms with Crippen LogP contribution in [0.4, 0.5) is 5.69 Å². The van der Waals surface area contributed by atoms with E-state index in [0.29, 0.717) is 42.9 Å². The number of imide groups is 1. The van der Waals surface area contributed by atoms with Gasteiger partial charge in [-0.1, -0.05) is 6.08 Å². The molecule has 2 aliphatic rings. The SMILES string of the molecule is C=CCN1C(=O)c2ccc(C(=O)N3CCN(c4ccc(C(C)=O)cc4)CC3)cc2C1=O. The van der Waals surface area contributed by atoms with Crippen molar-refractivity contribution >= 4 is 29.2 Å². The van der Waals surface area contributed by atoms with Crippen molar-refractivity contribution in [2.45, 2.75) is 6.92 Å². The number of carbonyl (C=O) groups excluding carboxylic acids is 4. The number of fused-ring (bicyclic) bond motifs is 1. The number of nitrogens with zero attached hydrogens (tertiary/aromatic N) is 3. The molecule has 1 saturated heterocycles. The topological polar surface area (TPSA) is 78.0 Å². The molecular formula is C24H23N3O4. The van der Waals surface area contributed by atoms with Gasteiger partial charge in [0.05, 0.1) is 11.1 Å². The lowest BCUT2D eigenvalue weighted by Crippen LogP contribution is -2.48. The van der Waals surface area contributed by atoms with Gasteiger partial charge in [-0.15, -0.1) is 6.58 Å². The summed E-state index contributed by atoms with van der Waals surface area (Å²) in [4.78, 5) is 54.4. The molecule has 158 valence electrons. The normalized spacial score (nSPS) is 15.8. The van der Waals surface area contributed by atoms with Gasteiger partial charge in [-0.25, -0.2) is 0 Å². The first-order valence-electron chi connectivity index (χ1n) is 10.2. The molecule has 0 saturated carbocycles. The minimum absolute atomic E-state index is 0.0316. The molecule has 0 aromatic heterocycles. The van der Waals surface area contributed by atoms with Gasteiger partial charge in [0.15, 0.2) is 5.78 Å². The number of piperazine rings is 1. The van der Waals surface area contributed by atoms with E-state index in [4.69, 9.17) is 0 Å². The van der Waals surface area contributed by atoms with Crippen molar-refractivity contribution in [2.75, 3.05) is 37.6 Å². The minimum Gasteiger partial charge on any atom is -0.368 e. The molecule has 7 nitrogen and oxygen atoms in total. The van der Waals surface area contributed by atoms with Gasteiger partial charge in [0.25, 0.3) is 17.7 Å². The van der Waals surface area contributed by atoms with Crippen LogP contribution in [0.3, 0.4) is 0 Å². The Balaban J connectivity index is 1.44. The van der Waals surface area contributed by atoms with Crippen molar-refractivity contribution in [3.8, 4) is 0 Å². The van der Waals surface area contributed by atoms with E-state index in [1.165, 1.54) is 12.1 Å². The Morgan fingerprint density at radius 1 is 0.903 bits per heavy atom. The highest BCUT2D eigenvalue weighted by molar-refractivity contribution is 6.22. The number of ketones is 1. The van der Waals surface area contributed by atoms with E-state index in [9.17, 15) is 19.2 Å². The fourth-order valence-corrected chi connectivity index (χ4v) is 3.98. The van der Waals surface area contributed by atoms with Crippen LogP contribution in [-0.4, -0.2) is 66.0 Å². The summed E-state index contributed by atoms with van der Waals surface area (Å²) in [5.41, 5.74) is 2.68. The number of hydrogen-bond donors (Lipinski definition) is 0. The van der Waals surface area contributed by atoms with Gasteiger partial charge in [0, 0.05) is 49.5 Å². The number of anilines is 1. The van der Waals surface area contributed by atoms with Gasteiger partial charge in [0.1, 0.15) is 0 Å². The van der Waals surface area contributed by atoms with Crippen LogP contribution in [0.1, 0.15) is 48.4 Å². The molecule has 2 aromatic rings. The van der Waals surface area contributed by atoms with Crippen LogP contribution in [0.2, 0.25) is 0 Å². The third kappa shape index (κ3) is 3.74. The van der Waals surface area contributed by atoms with E-state index >= 15 is 0 Å². The monoisotopic (exact) mass is 417 g/mol. The summed E-state index contributed by atoms with van der Waals surface area (Å²) in [5, 5.41) is 0. The second kappa shape index (κ2) is 8.18. The molecule has 3 amide bonds. The molecule has 0 spiro atoms. The molecule has 7 heteroatoms. The van der Waals surface area contributed by atoms with Gasteiger partial charge >= 0.3 is 0 Å². The number of amides is 3. The predicted octanol–water partition coefficient (Wildman–Crippen LogP) is 2.63. The van der Waals surface area contributed by atoms with Crippen LogP contribution >= 0.6 is 0 Å². The van der Waals surface area contributed by atoms with Crippen LogP contribution in [0.5, 0.6) is 0 Å². The summed E-state index contributed by atoms with van der Waals surface area (Å²) in [7, 11) is 0. The molecule has 0 aliphatic carbocycles. The Morgan fingerprint density at radius 2 is 1.52 bits per heavy atom. The quantitative estimate of drug-likeness (QED) is 0.425. The van der Waals surface area contributed by atoms with Crippen LogP contribution in [-0.2, 0) is 0 Å². The van der Waals surface area contributed by atoms with Gasteiger partial charge in [-0.2, -0.15) is 0 Å². The van der Waals surface area contributed by atoms with E-state index in [-0.39, 0.29) is 29.7 Å². The molecule has 1 fully saturated rings. The number of rotatable bonds is 5. The molecule has 0 radical (unpaired) electrons. The lowest BCUT2D eigenvalue weighted by Gasteiger charge is -2.36. The highest BCUT2D eigenvalue weighted by Crippen LogP contribution is 2.25. The van der Waals surface area contributed by atoms with Crippen LogP contribution in [0.25, 0.3) is 0 Å². The second-order valence-electron chi connectivity index (χ2n) is 7.65. The molecule has 2 aromatic carbocycles. The predicted molar refractivity (Wildman–Crippen MR) is 117 cm³/mol. The molecule has 0 N–H and O–H groups in total. The van der Waals surface area contributed by atoms with Gasteiger partial charge in [-0.05, 0) is 49.4 Å². The summed E-state index contributed by atoms with van der Waals surface area (Å²) in [5.74, 6) is -0.877. The highest BCUT2D eigenvalue weighted by Gasteiger charge is 2.35. The Morgan fingerprint density at radius 3 is 2.13 bits per heavy atom. The zero-order chi connectivity index (χ0) is 22.1. The van der Waals surface area contributed by atoms with E-state index in [0.717, 1.165) is 10.6 Å². The first-order chi connectivity index (χ1) is 14.9. The van der Waals surface area contributed by atoms with E-state index < -0.39 is 5.91 Å². The molecule has 0 bridgehead atoms. The summed E-state index contributed by atoms with van der Waals surface area (Å²) >= 11 is 0.